The first-order valence-corrected chi connectivity index (χ1v) is 11.2. The van der Waals surface area contributed by atoms with E-state index in [9.17, 15) is 5.21 Å². The molecule has 35 heavy (non-hydrogen) atoms. The predicted molar refractivity (Wildman–Crippen MR) is 134 cm³/mol. The smallest absolute Gasteiger partial charge is 0.403 e. The zero-order chi connectivity index (χ0) is 23.1. The maximum Gasteiger partial charge on any atom is 0.403 e. The highest BCUT2D eigenvalue weighted by atomic mass is 16.8. The summed E-state index contributed by atoms with van der Waals surface area (Å²) < 4.78 is 12.3. The van der Waals surface area contributed by atoms with Crippen molar-refractivity contribution in [2.45, 2.75) is 5.91 Å². The van der Waals surface area contributed by atoms with E-state index in [1.54, 1.807) is 18.5 Å². The number of hydrogen-bond acceptors (Lipinski definition) is 6. The molecule has 4 heterocycles. The fraction of sp³-hybridized carbons (Fsp3) is 0.0357. The van der Waals surface area contributed by atoms with E-state index in [2.05, 4.69) is 33.2 Å². The number of aliphatic imine (C=N–C) groups is 1. The number of rotatable bonds is 0. The minimum Gasteiger partial charge on any atom is -0.427 e. The van der Waals surface area contributed by atoms with Crippen molar-refractivity contribution >= 4 is 60.9 Å². The molecule has 2 aromatic heterocycles. The lowest BCUT2D eigenvalue weighted by atomic mass is 10.0. The van der Waals surface area contributed by atoms with Crippen LogP contribution in [0.3, 0.4) is 0 Å². The van der Waals surface area contributed by atoms with Gasteiger partial charge in [0, 0.05) is 28.6 Å². The summed E-state index contributed by atoms with van der Waals surface area (Å²) in [5.41, 5.74) is 2.52. The van der Waals surface area contributed by atoms with E-state index in [1.165, 1.54) is 6.21 Å². The maximum atomic E-state index is 13.5. The van der Waals surface area contributed by atoms with Crippen molar-refractivity contribution in [3.05, 3.63) is 85.2 Å². The number of benzene rings is 4. The van der Waals surface area contributed by atoms with Crippen LogP contribution in [0.25, 0.3) is 43.4 Å². The first kappa shape index (κ1) is 18.7. The Morgan fingerprint density at radius 2 is 1.63 bits per heavy atom. The third kappa shape index (κ3) is 2.50. The summed E-state index contributed by atoms with van der Waals surface area (Å²) >= 11 is 0. The van der Waals surface area contributed by atoms with Crippen molar-refractivity contribution in [2.24, 2.45) is 4.99 Å². The maximum absolute atomic E-state index is 13.5. The van der Waals surface area contributed by atoms with Crippen LogP contribution in [0.15, 0.2) is 90.2 Å². The average molecular weight is 455 g/mol. The largest absolute Gasteiger partial charge is 0.427 e. The Labute approximate surface area is 198 Å². The van der Waals surface area contributed by atoms with Crippen LogP contribution in [0.1, 0.15) is 0 Å². The van der Waals surface area contributed by atoms with E-state index in [0.717, 1.165) is 42.9 Å². The van der Waals surface area contributed by atoms with Crippen molar-refractivity contribution < 1.29 is 14.7 Å². The molecule has 0 saturated heterocycles. The minimum absolute atomic E-state index is 0.347. The highest BCUT2D eigenvalue weighted by molar-refractivity contribution is 6.12. The number of pyridine rings is 2. The molecule has 1 atom stereocenters. The molecular formula is C28H15N4O3. The average Bonchev–Trinajstić information content (AvgIpc) is 3.15. The van der Waals surface area contributed by atoms with Crippen LogP contribution < -0.4 is 14.5 Å². The van der Waals surface area contributed by atoms with Crippen LogP contribution in [0, 0.1) is 0 Å². The van der Waals surface area contributed by atoms with Gasteiger partial charge < -0.3 is 9.47 Å². The highest BCUT2D eigenvalue weighted by Gasteiger charge is 2.51. The van der Waals surface area contributed by atoms with E-state index >= 15 is 0 Å². The van der Waals surface area contributed by atoms with Gasteiger partial charge in [-0.1, -0.05) is 41.6 Å². The van der Waals surface area contributed by atoms with Crippen LogP contribution in [0.2, 0.25) is 0 Å². The van der Waals surface area contributed by atoms with Crippen LogP contribution in [-0.2, 0) is 5.21 Å². The number of anilines is 1. The lowest BCUT2D eigenvalue weighted by molar-refractivity contribution is -0.104. The van der Waals surface area contributed by atoms with Gasteiger partial charge in [-0.15, -0.1) is 5.06 Å². The Morgan fingerprint density at radius 1 is 0.743 bits per heavy atom. The fourth-order valence-electron chi connectivity index (χ4n) is 5.04. The number of fused-ring (bicyclic) bond motifs is 8. The molecule has 7 nitrogen and oxygen atoms in total. The second kappa shape index (κ2) is 6.43. The summed E-state index contributed by atoms with van der Waals surface area (Å²) in [5, 5.41) is 20.3. The van der Waals surface area contributed by atoms with Crippen LogP contribution >= 0.6 is 0 Å². The summed E-state index contributed by atoms with van der Waals surface area (Å²) in [7, 11) is 0. The molecule has 0 amide bonds. The zero-order valence-electron chi connectivity index (χ0n) is 18.2. The summed E-state index contributed by atoms with van der Waals surface area (Å²) in [5.74, 6) is -0.805. The molecular weight excluding hydrogens is 440 g/mol. The SMILES string of the molecule is [O]N1c2cc3nc4ccncc4cc3cc2O[C@]12C=Nc1c(ccc3c1ccc1ccccc13)O2. The first-order valence-electron chi connectivity index (χ1n) is 11.2. The molecule has 2 aliphatic heterocycles. The van der Waals surface area contributed by atoms with Gasteiger partial charge in [0.2, 0.25) is 0 Å². The van der Waals surface area contributed by atoms with E-state index in [0.29, 0.717) is 28.4 Å². The molecule has 1 spiro atoms. The van der Waals surface area contributed by atoms with Gasteiger partial charge in [0.05, 0.1) is 11.0 Å². The van der Waals surface area contributed by atoms with Gasteiger partial charge in [0.1, 0.15) is 17.6 Å². The molecule has 6 aromatic rings. The topological polar surface area (TPSA) is 79.7 Å². The molecule has 8 rings (SSSR count). The number of aromatic nitrogens is 2. The molecule has 4 aromatic carbocycles. The van der Waals surface area contributed by atoms with E-state index in [1.807, 2.05) is 48.5 Å². The molecule has 0 bridgehead atoms. The molecule has 0 N–H and O–H groups in total. The van der Waals surface area contributed by atoms with E-state index in [4.69, 9.17) is 9.47 Å². The molecule has 0 unspecified atom stereocenters. The first-order chi connectivity index (χ1) is 17.2. The van der Waals surface area contributed by atoms with Gasteiger partial charge >= 0.3 is 5.91 Å². The standard InChI is InChI=1S/C28H15N4O3/c33-32-24-13-23-17(11-18-14-29-10-9-22(18)31-23)12-26(24)35-28(32)15-30-27-21-6-5-16-3-1-2-4-19(16)20(21)7-8-25(27)34-28/h1-15H/t28-/m1/s1. The van der Waals surface area contributed by atoms with E-state index in [-0.39, 0.29) is 0 Å². The number of hydroxylamine groups is 1. The lowest BCUT2D eigenvalue weighted by Crippen LogP contribution is -2.54. The second-order valence-corrected chi connectivity index (χ2v) is 8.75. The van der Waals surface area contributed by atoms with Crippen molar-refractivity contribution in [1.82, 2.24) is 9.97 Å². The summed E-state index contributed by atoms with van der Waals surface area (Å²) in [6, 6.07) is 23.5. The molecule has 0 aliphatic carbocycles. The summed E-state index contributed by atoms with van der Waals surface area (Å²) in [6.45, 7) is 0. The molecule has 2 aliphatic rings. The summed E-state index contributed by atoms with van der Waals surface area (Å²) in [4.78, 5) is 13.5. The second-order valence-electron chi connectivity index (χ2n) is 8.75. The Hall–Kier alpha value is -4.75. The van der Waals surface area contributed by atoms with Gasteiger partial charge in [0.25, 0.3) is 0 Å². The van der Waals surface area contributed by atoms with Crippen molar-refractivity contribution in [2.75, 3.05) is 5.06 Å². The number of ether oxygens (including phenoxy) is 2. The number of nitrogens with zero attached hydrogens (tertiary/aromatic N) is 4. The van der Waals surface area contributed by atoms with Gasteiger partial charge in [-0.3, -0.25) is 4.98 Å². The zero-order valence-corrected chi connectivity index (χ0v) is 18.2. The molecule has 0 saturated carbocycles. The molecule has 7 heteroatoms. The summed E-state index contributed by atoms with van der Waals surface area (Å²) in [6.07, 6.45) is 4.90. The van der Waals surface area contributed by atoms with Gasteiger partial charge in [-0.25, -0.2) is 9.98 Å². The van der Waals surface area contributed by atoms with Gasteiger partial charge in [0.15, 0.2) is 11.5 Å². The van der Waals surface area contributed by atoms with Crippen LogP contribution in [-0.4, -0.2) is 22.1 Å². The lowest BCUT2D eigenvalue weighted by Gasteiger charge is -2.31. The number of hydrogen-bond donors (Lipinski definition) is 0. The monoisotopic (exact) mass is 455 g/mol. The quantitative estimate of drug-likeness (QED) is 0.205. The predicted octanol–water partition coefficient (Wildman–Crippen LogP) is 6.08. The van der Waals surface area contributed by atoms with Crippen LogP contribution in [0.5, 0.6) is 11.5 Å². The van der Waals surface area contributed by atoms with Gasteiger partial charge in [-0.2, -0.15) is 0 Å². The van der Waals surface area contributed by atoms with Crippen molar-refractivity contribution in [3.63, 3.8) is 0 Å². The van der Waals surface area contributed by atoms with Crippen LogP contribution in [0.4, 0.5) is 11.4 Å². The van der Waals surface area contributed by atoms with Crippen molar-refractivity contribution in [1.29, 1.82) is 0 Å². The molecule has 0 fully saturated rings. The molecule has 1 radical (unpaired) electrons. The Balaban J connectivity index is 1.25. The van der Waals surface area contributed by atoms with Gasteiger partial charge in [-0.05, 0) is 52.6 Å². The fourth-order valence-corrected chi connectivity index (χ4v) is 5.04. The Kier molecular flexibility index (Phi) is 3.43. The molecule has 165 valence electrons. The Bertz CT molecular complexity index is 1900. The normalized spacial score (nSPS) is 18.3. The third-order valence-corrected chi connectivity index (χ3v) is 6.72. The van der Waals surface area contributed by atoms with E-state index < -0.39 is 5.91 Å². The Morgan fingerprint density at radius 3 is 2.60 bits per heavy atom. The minimum atomic E-state index is -1.71. The van der Waals surface area contributed by atoms with Crippen molar-refractivity contribution in [3.8, 4) is 11.5 Å². The third-order valence-electron chi connectivity index (χ3n) is 6.72. The highest BCUT2D eigenvalue weighted by Crippen LogP contribution is 2.48.